The van der Waals surface area contributed by atoms with Gasteiger partial charge in [-0.3, -0.25) is 0 Å². The van der Waals surface area contributed by atoms with Gasteiger partial charge in [-0.05, 0) is 12.1 Å². The molecule has 72 valence electrons. The molecule has 0 aliphatic carbocycles. The maximum Gasteiger partial charge on any atom is 0.422 e. The molecule has 0 spiro atoms. The number of alkyl halides is 3. The van der Waals surface area contributed by atoms with Crippen LogP contribution in [-0.4, -0.2) is 17.8 Å². The van der Waals surface area contributed by atoms with Crippen LogP contribution in [0.25, 0.3) is 0 Å². The molecule has 0 amide bonds. The second-order valence-corrected chi connectivity index (χ2v) is 2.71. The Morgan fingerprint density at radius 3 is 2.69 bits per heavy atom. The summed E-state index contributed by atoms with van der Waals surface area (Å²) in [5.41, 5.74) is 0. The highest BCUT2D eigenvalue weighted by Gasteiger charge is 2.28. The second kappa shape index (κ2) is 3.87. The number of nitrogens with zero attached hydrogens (tertiary/aromatic N) is 1. The number of thiol groups is 1. The molecule has 2 nitrogen and oxygen atoms in total. The van der Waals surface area contributed by atoms with Crippen molar-refractivity contribution in [2.75, 3.05) is 6.61 Å². The molecule has 6 heteroatoms. The predicted octanol–water partition coefficient (Wildman–Crippen LogP) is 2.31. The standard InChI is InChI=1S/C7H6F3NOS/c8-7(9,10)4-12-6-5(13)2-1-3-11-6/h1-3,13H,4H2. The Morgan fingerprint density at radius 1 is 1.46 bits per heavy atom. The number of halogens is 3. The lowest BCUT2D eigenvalue weighted by Crippen LogP contribution is -2.19. The first-order valence-electron chi connectivity index (χ1n) is 3.32. The van der Waals surface area contributed by atoms with Crippen molar-refractivity contribution in [3.63, 3.8) is 0 Å². The summed E-state index contributed by atoms with van der Waals surface area (Å²) in [4.78, 5) is 3.87. The van der Waals surface area contributed by atoms with Crippen LogP contribution in [0.15, 0.2) is 23.2 Å². The maximum atomic E-state index is 11.7. The average molecular weight is 209 g/mol. The van der Waals surface area contributed by atoms with Crippen molar-refractivity contribution in [3.05, 3.63) is 18.3 Å². The normalized spacial score (nSPS) is 11.4. The fourth-order valence-corrected chi connectivity index (χ4v) is 0.852. The third-order valence-corrected chi connectivity index (χ3v) is 1.46. The molecule has 1 heterocycles. The van der Waals surface area contributed by atoms with E-state index in [9.17, 15) is 13.2 Å². The topological polar surface area (TPSA) is 22.1 Å². The molecule has 0 radical (unpaired) electrons. The lowest BCUT2D eigenvalue weighted by molar-refractivity contribution is -0.154. The van der Waals surface area contributed by atoms with E-state index in [4.69, 9.17) is 0 Å². The van der Waals surface area contributed by atoms with Gasteiger partial charge in [-0.2, -0.15) is 13.2 Å². The SMILES string of the molecule is FC(F)(F)COc1ncccc1S. The van der Waals surface area contributed by atoms with Crippen LogP contribution in [-0.2, 0) is 0 Å². The van der Waals surface area contributed by atoms with Crippen LogP contribution >= 0.6 is 12.6 Å². The van der Waals surface area contributed by atoms with Crippen LogP contribution in [0.1, 0.15) is 0 Å². The van der Waals surface area contributed by atoms with Gasteiger partial charge >= 0.3 is 6.18 Å². The van der Waals surface area contributed by atoms with E-state index in [2.05, 4.69) is 22.3 Å². The Bertz CT molecular complexity index is 289. The van der Waals surface area contributed by atoms with E-state index >= 15 is 0 Å². The zero-order chi connectivity index (χ0) is 9.90. The molecule has 0 aromatic carbocycles. The highest BCUT2D eigenvalue weighted by molar-refractivity contribution is 7.80. The molecular weight excluding hydrogens is 203 g/mol. The summed E-state index contributed by atoms with van der Waals surface area (Å²) in [6, 6.07) is 3.06. The molecule has 0 saturated heterocycles. The second-order valence-electron chi connectivity index (χ2n) is 2.23. The third-order valence-electron chi connectivity index (χ3n) is 1.12. The summed E-state index contributed by atoms with van der Waals surface area (Å²) >= 11 is 3.87. The molecule has 1 aromatic rings. The zero-order valence-electron chi connectivity index (χ0n) is 6.38. The lowest BCUT2D eigenvalue weighted by Gasteiger charge is -2.08. The van der Waals surface area contributed by atoms with Gasteiger partial charge in [0.25, 0.3) is 0 Å². The molecule has 0 unspecified atom stereocenters. The molecule has 1 rings (SSSR count). The van der Waals surface area contributed by atoms with Crippen LogP contribution in [0.2, 0.25) is 0 Å². The van der Waals surface area contributed by atoms with E-state index < -0.39 is 12.8 Å². The van der Waals surface area contributed by atoms with Crippen molar-refractivity contribution in [3.8, 4) is 5.88 Å². The Morgan fingerprint density at radius 2 is 2.15 bits per heavy atom. The maximum absolute atomic E-state index is 11.7. The van der Waals surface area contributed by atoms with Gasteiger partial charge in [-0.25, -0.2) is 4.98 Å². The van der Waals surface area contributed by atoms with Gasteiger partial charge in [0.15, 0.2) is 6.61 Å². The number of aromatic nitrogens is 1. The number of hydrogen-bond donors (Lipinski definition) is 1. The van der Waals surface area contributed by atoms with Gasteiger partial charge in [-0.15, -0.1) is 12.6 Å². The van der Waals surface area contributed by atoms with E-state index in [-0.39, 0.29) is 10.8 Å². The van der Waals surface area contributed by atoms with Gasteiger partial charge in [0, 0.05) is 6.20 Å². The fraction of sp³-hybridized carbons (Fsp3) is 0.286. The van der Waals surface area contributed by atoms with Gasteiger partial charge in [0.1, 0.15) is 0 Å². The first-order valence-corrected chi connectivity index (χ1v) is 3.77. The molecule has 0 saturated carbocycles. The molecule has 0 aliphatic rings. The minimum Gasteiger partial charge on any atom is -0.467 e. The van der Waals surface area contributed by atoms with Gasteiger partial charge in [0.05, 0.1) is 4.90 Å². The van der Waals surface area contributed by atoms with E-state index in [1.165, 1.54) is 12.3 Å². The Kier molecular flexibility index (Phi) is 3.02. The molecule has 0 fully saturated rings. The third kappa shape index (κ3) is 3.54. The zero-order valence-corrected chi connectivity index (χ0v) is 7.27. The molecule has 0 atom stereocenters. The quantitative estimate of drug-likeness (QED) is 0.755. The summed E-state index contributed by atoms with van der Waals surface area (Å²) in [6.07, 6.45) is -3.01. The van der Waals surface area contributed by atoms with Gasteiger partial charge in [-0.1, -0.05) is 0 Å². The van der Waals surface area contributed by atoms with Crippen molar-refractivity contribution in [2.45, 2.75) is 11.1 Å². The summed E-state index contributed by atoms with van der Waals surface area (Å²) in [5.74, 6) is -0.108. The fourth-order valence-electron chi connectivity index (χ4n) is 0.644. The molecule has 1 aromatic heterocycles. The average Bonchev–Trinajstić information content (AvgIpc) is 2.01. The summed E-state index contributed by atoms with van der Waals surface area (Å²) in [6.45, 7) is -1.35. The Hall–Kier alpha value is -0.910. The Balaban J connectivity index is 2.60. The number of ether oxygens (including phenoxy) is 1. The smallest absolute Gasteiger partial charge is 0.422 e. The van der Waals surface area contributed by atoms with Gasteiger partial charge < -0.3 is 4.74 Å². The van der Waals surface area contributed by atoms with Crippen LogP contribution < -0.4 is 4.74 Å². The molecular formula is C7H6F3NOS. The van der Waals surface area contributed by atoms with Crippen molar-refractivity contribution < 1.29 is 17.9 Å². The summed E-state index contributed by atoms with van der Waals surface area (Å²) < 4.78 is 39.5. The highest BCUT2D eigenvalue weighted by Crippen LogP contribution is 2.21. The molecule has 0 bridgehead atoms. The van der Waals surface area contributed by atoms with Crippen molar-refractivity contribution in [2.24, 2.45) is 0 Å². The van der Waals surface area contributed by atoms with Gasteiger partial charge in [0.2, 0.25) is 5.88 Å². The largest absolute Gasteiger partial charge is 0.467 e. The number of rotatable bonds is 2. The molecule has 0 aliphatic heterocycles. The number of pyridine rings is 1. The Labute approximate surface area is 78.1 Å². The van der Waals surface area contributed by atoms with E-state index in [1.807, 2.05) is 0 Å². The monoisotopic (exact) mass is 209 g/mol. The minimum absolute atomic E-state index is 0.108. The minimum atomic E-state index is -4.35. The van der Waals surface area contributed by atoms with Crippen LogP contribution in [0.3, 0.4) is 0 Å². The highest BCUT2D eigenvalue weighted by atomic mass is 32.1. The summed E-state index contributed by atoms with van der Waals surface area (Å²) in [7, 11) is 0. The van der Waals surface area contributed by atoms with E-state index in [0.717, 1.165) is 0 Å². The van der Waals surface area contributed by atoms with Crippen LogP contribution in [0, 0.1) is 0 Å². The number of hydrogen-bond acceptors (Lipinski definition) is 3. The lowest BCUT2D eigenvalue weighted by atomic mass is 10.5. The van der Waals surface area contributed by atoms with Crippen molar-refractivity contribution in [1.82, 2.24) is 4.98 Å². The van der Waals surface area contributed by atoms with Crippen molar-refractivity contribution in [1.29, 1.82) is 0 Å². The van der Waals surface area contributed by atoms with E-state index in [1.54, 1.807) is 6.07 Å². The van der Waals surface area contributed by atoms with Crippen LogP contribution in [0.4, 0.5) is 13.2 Å². The first kappa shape index (κ1) is 10.2. The summed E-state index contributed by atoms with van der Waals surface area (Å²) in [5, 5.41) is 0. The first-order chi connectivity index (χ1) is 5.99. The van der Waals surface area contributed by atoms with Crippen LogP contribution in [0.5, 0.6) is 5.88 Å². The predicted molar refractivity (Wildman–Crippen MR) is 43.0 cm³/mol. The van der Waals surface area contributed by atoms with E-state index in [0.29, 0.717) is 0 Å². The molecule has 0 N–H and O–H groups in total. The molecule has 13 heavy (non-hydrogen) atoms. The van der Waals surface area contributed by atoms with Crippen molar-refractivity contribution >= 4 is 12.6 Å².